The number of esters is 1. The summed E-state index contributed by atoms with van der Waals surface area (Å²) in [6.45, 7) is 0.294. The van der Waals surface area contributed by atoms with Crippen molar-refractivity contribution in [3.8, 4) is 0 Å². The van der Waals surface area contributed by atoms with E-state index in [1.165, 1.54) is 6.42 Å². The van der Waals surface area contributed by atoms with Crippen LogP contribution in [0.1, 0.15) is 32.1 Å². The zero-order valence-electron chi connectivity index (χ0n) is 7.77. The summed E-state index contributed by atoms with van der Waals surface area (Å²) in [6, 6.07) is 0. The molecule has 0 bridgehead atoms. The van der Waals surface area contributed by atoms with Crippen molar-refractivity contribution in [2.24, 2.45) is 5.92 Å². The van der Waals surface area contributed by atoms with Crippen molar-refractivity contribution in [1.29, 1.82) is 0 Å². The summed E-state index contributed by atoms with van der Waals surface area (Å²) in [5.41, 5.74) is 0. The molecule has 0 aromatic rings. The van der Waals surface area contributed by atoms with E-state index in [0.29, 0.717) is 6.61 Å². The average molecular weight is 393 g/mol. The van der Waals surface area contributed by atoms with Crippen LogP contribution in [0.4, 0.5) is 0 Å². The van der Waals surface area contributed by atoms with E-state index in [1.807, 2.05) is 0 Å². The van der Waals surface area contributed by atoms with E-state index >= 15 is 0 Å². The van der Waals surface area contributed by atoms with Crippen LogP contribution in [-0.4, -0.2) is 14.7 Å². The van der Waals surface area contributed by atoms with Gasteiger partial charge < -0.3 is 4.74 Å². The lowest BCUT2D eigenvalue weighted by Crippen LogP contribution is -2.24. The smallest absolute Gasteiger partial charge is 0.309 e. The van der Waals surface area contributed by atoms with Gasteiger partial charge in [0.15, 0.2) is 2.14 Å². The van der Waals surface area contributed by atoms with Crippen molar-refractivity contribution in [2.45, 2.75) is 34.2 Å². The van der Waals surface area contributed by atoms with Gasteiger partial charge in [0.1, 0.15) is 6.61 Å². The van der Waals surface area contributed by atoms with Crippen LogP contribution < -0.4 is 0 Å². The molecule has 0 aliphatic heterocycles. The number of alkyl halides is 3. The van der Waals surface area contributed by atoms with E-state index in [2.05, 4.69) is 47.8 Å². The summed E-state index contributed by atoms with van der Waals surface area (Å²) >= 11 is 9.86. The van der Waals surface area contributed by atoms with Gasteiger partial charge in [-0.25, -0.2) is 0 Å². The SMILES string of the molecule is O=C(OCC(Br)(Br)Br)C1CCCCC1. The van der Waals surface area contributed by atoms with Crippen LogP contribution in [0, 0.1) is 5.92 Å². The van der Waals surface area contributed by atoms with Crippen LogP contribution in [0.5, 0.6) is 0 Å². The molecule has 1 aliphatic rings. The third kappa shape index (κ3) is 5.12. The van der Waals surface area contributed by atoms with Crippen LogP contribution in [0.2, 0.25) is 0 Å². The van der Waals surface area contributed by atoms with Crippen molar-refractivity contribution >= 4 is 53.8 Å². The lowest BCUT2D eigenvalue weighted by Gasteiger charge is -2.21. The van der Waals surface area contributed by atoms with Crippen molar-refractivity contribution in [1.82, 2.24) is 0 Å². The van der Waals surface area contributed by atoms with Crippen LogP contribution in [-0.2, 0) is 9.53 Å². The third-order valence-electron chi connectivity index (χ3n) is 2.32. The van der Waals surface area contributed by atoms with Gasteiger partial charge in [0.05, 0.1) is 5.92 Å². The number of halogens is 3. The summed E-state index contributed by atoms with van der Waals surface area (Å²) in [5, 5.41) is 0. The summed E-state index contributed by atoms with van der Waals surface area (Å²) in [5.74, 6) is 0.0611. The number of carbonyl (C=O) groups is 1. The highest BCUT2D eigenvalue weighted by atomic mass is 80.0. The normalized spacial score (nSPS) is 19.4. The first-order chi connectivity index (χ1) is 6.49. The van der Waals surface area contributed by atoms with Gasteiger partial charge in [-0.15, -0.1) is 0 Å². The van der Waals surface area contributed by atoms with Crippen molar-refractivity contribution in [2.75, 3.05) is 6.61 Å². The Bertz CT molecular complexity index is 195. The largest absolute Gasteiger partial charge is 0.462 e. The van der Waals surface area contributed by atoms with Crippen LogP contribution >= 0.6 is 47.8 Å². The fourth-order valence-electron chi connectivity index (χ4n) is 1.61. The molecule has 82 valence electrons. The van der Waals surface area contributed by atoms with Gasteiger partial charge in [-0.2, -0.15) is 0 Å². The highest BCUT2D eigenvalue weighted by Crippen LogP contribution is 2.34. The van der Waals surface area contributed by atoms with E-state index in [-0.39, 0.29) is 11.9 Å². The molecule has 0 aromatic carbocycles. The summed E-state index contributed by atoms with van der Waals surface area (Å²) < 4.78 is 4.69. The minimum Gasteiger partial charge on any atom is -0.462 e. The summed E-state index contributed by atoms with van der Waals surface area (Å²) in [4.78, 5) is 11.6. The molecular formula is C9H13Br3O2. The molecule has 2 nitrogen and oxygen atoms in total. The first-order valence-electron chi connectivity index (χ1n) is 4.72. The van der Waals surface area contributed by atoms with Crippen molar-refractivity contribution < 1.29 is 9.53 Å². The highest BCUT2D eigenvalue weighted by Gasteiger charge is 2.26. The second-order valence-corrected chi connectivity index (χ2v) is 10.8. The fourth-order valence-corrected chi connectivity index (χ4v) is 1.95. The number of carbonyl (C=O) groups excluding carboxylic acids is 1. The van der Waals surface area contributed by atoms with Crippen LogP contribution in [0.3, 0.4) is 0 Å². The second kappa shape index (κ2) is 5.85. The maximum atomic E-state index is 11.6. The third-order valence-corrected chi connectivity index (χ3v) is 3.00. The molecule has 0 unspecified atom stereocenters. The Labute approximate surface area is 110 Å². The average Bonchev–Trinajstić information content (AvgIpc) is 2.14. The summed E-state index contributed by atoms with van der Waals surface area (Å²) in [7, 11) is 0. The molecule has 0 amide bonds. The van der Waals surface area contributed by atoms with Crippen molar-refractivity contribution in [3.63, 3.8) is 0 Å². The topological polar surface area (TPSA) is 26.3 Å². The van der Waals surface area contributed by atoms with Crippen LogP contribution in [0.15, 0.2) is 0 Å². The fraction of sp³-hybridized carbons (Fsp3) is 0.889. The first kappa shape index (κ1) is 13.0. The van der Waals surface area contributed by atoms with E-state index in [4.69, 9.17) is 4.74 Å². The quantitative estimate of drug-likeness (QED) is 0.525. The zero-order valence-corrected chi connectivity index (χ0v) is 12.5. The molecule has 0 radical (unpaired) electrons. The van der Waals surface area contributed by atoms with Gasteiger partial charge in [0, 0.05) is 0 Å². The van der Waals surface area contributed by atoms with E-state index in [1.54, 1.807) is 0 Å². The van der Waals surface area contributed by atoms with E-state index < -0.39 is 2.14 Å². The molecular weight excluding hydrogens is 380 g/mol. The Morgan fingerprint density at radius 3 is 2.29 bits per heavy atom. The Hall–Kier alpha value is 0.910. The van der Waals surface area contributed by atoms with Crippen molar-refractivity contribution in [3.05, 3.63) is 0 Å². The zero-order chi connectivity index (χ0) is 10.6. The molecule has 1 saturated carbocycles. The number of rotatable bonds is 2. The van der Waals surface area contributed by atoms with Gasteiger partial charge in [-0.1, -0.05) is 67.1 Å². The minimum atomic E-state index is -0.475. The lowest BCUT2D eigenvalue weighted by molar-refractivity contribution is -0.149. The minimum absolute atomic E-state index is 0.0626. The number of ether oxygens (including phenoxy) is 1. The maximum absolute atomic E-state index is 11.6. The van der Waals surface area contributed by atoms with E-state index in [0.717, 1.165) is 25.7 Å². The molecule has 14 heavy (non-hydrogen) atoms. The predicted octanol–water partition coefficient (Wildman–Crippen LogP) is 3.95. The van der Waals surface area contributed by atoms with Crippen LogP contribution in [0.25, 0.3) is 0 Å². The molecule has 0 aromatic heterocycles. The number of hydrogen-bond donors (Lipinski definition) is 0. The standard InChI is InChI=1S/C9H13Br3O2/c10-9(11,12)6-14-8(13)7-4-2-1-3-5-7/h7H,1-6H2. The Morgan fingerprint density at radius 1 is 1.21 bits per heavy atom. The molecule has 0 N–H and O–H groups in total. The molecule has 1 fully saturated rings. The number of hydrogen-bond acceptors (Lipinski definition) is 2. The molecule has 5 heteroatoms. The van der Waals surface area contributed by atoms with E-state index in [9.17, 15) is 4.79 Å². The molecule has 1 rings (SSSR count). The summed E-state index contributed by atoms with van der Waals surface area (Å²) in [6.07, 6.45) is 5.53. The molecule has 0 saturated heterocycles. The van der Waals surface area contributed by atoms with Gasteiger partial charge >= 0.3 is 5.97 Å². The molecule has 0 spiro atoms. The Kier molecular flexibility index (Phi) is 5.42. The van der Waals surface area contributed by atoms with Gasteiger partial charge in [0.25, 0.3) is 0 Å². The van der Waals surface area contributed by atoms with Gasteiger partial charge in [0.2, 0.25) is 0 Å². The van der Waals surface area contributed by atoms with Gasteiger partial charge in [-0.05, 0) is 12.8 Å². The monoisotopic (exact) mass is 390 g/mol. The molecule has 0 atom stereocenters. The predicted molar refractivity (Wildman–Crippen MR) is 67.0 cm³/mol. The first-order valence-corrected chi connectivity index (χ1v) is 7.10. The maximum Gasteiger partial charge on any atom is 0.309 e. The molecule has 0 heterocycles. The Balaban J connectivity index is 2.27. The molecule has 1 aliphatic carbocycles. The lowest BCUT2D eigenvalue weighted by atomic mass is 9.89. The van der Waals surface area contributed by atoms with Gasteiger partial charge in [-0.3, -0.25) is 4.79 Å². The highest BCUT2D eigenvalue weighted by molar-refractivity contribution is 9.39. The Morgan fingerprint density at radius 2 is 1.79 bits per heavy atom. The second-order valence-electron chi connectivity index (χ2n) is 3.56.